The van der Waals surface area contributed by atoms with Gasteiger partial charge >= 0.3 is 0 Å². The van der Waals surface area contributed by atoms with Gasteiger partial charge < -0.3 is 0 Å². The molecule has 2 aromatic rings. The minimum atomic E-state index is -2.14. The first-order chi connectivity index (χ1) is 10.4. The molecule has 0 aliphatic heterocycles. The summed E-state index contributed by atoms with van der Waals surface area (Å²) < 4.78 is 68.5. The molecular formula is C15H14F5NS. The quantitative estimate of drug-likeness (QED) is 0.428. The second kappa shape index (κ2) is 6.75. The Labute approximate surface area is 129 Å². The van der Waals surface area contributed by atoms with Gasteiger partial charge in [0.05, 0.1) is 11.6 Å². The largest absolute Gasteiger partial charge is 0.292 e. The molecule has 1 aromatic heterocycles. The molecule has 0 spiro atoms. The van der Waals surface area contributed by atoms with Gasteiger partial charge in [-0.15, -0.1) is 11.3 Å². The fourth-order valence-electron chi connectivity index (χ4n) is 2.40. The van der Waals surface area contributed by atoms with Gasteiger partial charge in [0.1, 0.15) is 0 Å². The SMILES string of the molecule is CCN(CC)C(c1cccs1)c1c(F)c(F)c(F)c(F)c1F. The highest BCUT2D eigenvalue weighted by Crippen LogP contribution is 2.37. The van der Waals surface area contributed by atoms with Crippen LogP contribution in [0.1, 0.15) is 30.3 Å². The van der Waals surface area contributed by atoms with Gasteiger partial charge in [0.25, 0.3) is 0 Å². The lowest BCUT2D eigenvalue weighted by Gasteiger charge is -2.30. The first kappa shape index (κ1) is 16.9. The van der Waals surface area contributed by atoms with Crippen LogP contribution in [0, 0.1) is 29.1 Å². The molecule has 7 heteroatoms. The molecule has 0 saturated heterocycles. The van der Waals surface area contributed by atoms with E-state index in [0.717, 1.165) is 0 Å². The van der Waals surface area contributed by atoms with Crippen LogP contribution in [0.5, 0.6) is 0 Å². The maximum atomic E-state index is 14.1. The molecule has 1 heterocycles. The lowest BCUT2D eigenvalue weighted by Crippen LogP contribution is -2.31. The number of thiophene rings is 1. The molecule has 0 aliphatic carbocycles. The number of hydrogen-bond donors (Lipinski definition) is 0. The Morgan fingerprint density at radius 1 is 0.909 bits per heavy atom. The second-order valence-corrected chi connectivity index (χ2v) is 5.60. The van der Waals surface area contributed by atoms with Gasteiger partial charge in [-0.25, -0.2) is 22.0 Å². The first-order valence-electron chi connectivity index (χ1n) is 6.72. The third-order valence-corrected chi connectivity index (χ3v) is 4.43. The lowest BCUT2D eigenvalue weighted by molar-refractivity contribution is 0.237. The van der Waals surface area contributed by atoms with E-state index in [1.807, 2.05) is 0 Å². The molecule has 0 fully saturated rings. The van der Waals surface area contributed by atoms with Crippen molar-refractivity contribution >= 4 is 11.3 Å². The minimum Gasteiger partial charge on any atom is -0.292 e. The highest BCUT2D eigenvalue weighted by molar-refractivity contribution is 7.10. The van der Waals surface area contributed by atoms with Crippen LogP contribution in [0.2, 0.25) is 0 Å². The maximum Gasteiger partial charge on any atom is 0.200 e. The third kappa shape index (κ3) is 2.75. The topological polar surface area (TPSA) is 3.24 Å². The molecule has 1 unspecified atom stereocenters. The van der Waals surface area contributed by atoms with Crippen molar-refractivity contribution in [1.29, 1.82) is 0 Å². The zero-order valence-corrected chi connectivity index (χ0v) is 12.8. The fourth-order valence-corrected chi connectivity index (χ4v) is 3.27. The summed E-state index contributed by atoms with van der Waals surface area (Å²) in [6, 6.07) is 2.27. The summed E-state index contributed by atoms with van der Waals surface area (Å²) in [4.78, 5) is 2.16. The van der Waals surface area contributed by atoms with Crippen LogP contribution < -0.4 is 0 Å². The average molecular weight is 335 g/mol. The van der Waals surface area contributed by atoms with E-state index in [9.17, 15) is 22.0 Å². The van der Waals surface area contributed by atoms with E-state index in [2.05, 4.69) is 0 Å². The molecule has 0 aliphatic rings. The zero-order valence-electron chi connectivity index (χ0n) is 12.0. The molecule has 0 bridgehead atoms. The molecule has 0 N–H and O–H groups in total. The molecule has 120 valence electrons. The molecular weight excluding hydrogens is 321 g/mol. The summed E-state index contributed by atoms with van der Waals surface area (Å²) in [5.41, 5.74) is -0.803. The number of nitrogens with zero attached hydrogens (tertiary/aromatic N) is 1. The van der Waals surface area contributed by atoms with Gasteiger partial charge in [-0.3, -0.25) is 4.90 Å². The number of halogens is 5. The van der Waals surface area contributed by atoms with Crippen molar-refractivity contribution in [2.75, 3.05) is 13.1 Å². The van der Waals surface area contributed by atoms with Crippen LogP contribution in [-0.2, 0) is 0 Å². The maximum absolute atomic E-state index is 14.1. The minimum absolute atomic E-state index is 0.401. The van der Waals surface area contributed by atoms with E-state index in [1.165, 1.54) is 11.3 Å². The summed E-state index contributed by atoms with van der Waals surface area (Å²) >= 11 is 1.20. The number of rotatable bonds is 5. The van der Waals surface area contributed by atoms with Crippen LogP contribution >= 0.6 is 11.3 Å². The van der Waals surface area contributed by atoms with Crippen molar-refractivity contribution in [3.63, 3.8) is 0 Å². The summed E-state index contributed by atoms with van der Waals surface area (Å²) in [6.07, 6.45) is 0. The predicted octanol–water partition coefficient (Wildman–Crippen LogP) is 4.87. The molecule has 1 aromatic carbocycles. The van der Waals surface area contributed by atoms with Gasteiger partial charge in [-0.2, -0.15) is 0 Å². The Morgan fingerprint density at radius 2 is 1.41 bits per heavy atom. The van der Waals surface area contributed by atoms with E-state index < -0.39 is 40.7 Å². The van der Waals surface area contributed by atoms with E-state index in [-0.39, 0.29) is 0 Å². The van der Waals surface area contributed by atoms with Gasteiger partial charge in [0.15, 0.2) is 23.3 Å². The van der Waals surface area contributed by atoms with Crippen molar-refractivity contribution in [3.05, 3.63) is 57.0 Å². The van der Waals surface area contributed by atoms with Crippen LogP contribution in [-0.4, -0.2) is 18.0 Å². The van der Waals surface area contributed by atoms with Crippen molar-refractivity contribution < 1.29 is 22.0 Å². The van der Waals surface area contributed by atoms with Crippen molar-refractivity contribution in [3.8, 4) is 0 Å². The summed E-state index contributed by atoms with van der Waals surface area (Å²) in [7, 11) is 0. The Kier molecular flexibility index (Phi) is 5.18. The van der Waals surface area contributed by atoms with Gasteiger partial charge in [0.2, 0.25) is 5.82 Å². The van der Waals surface area contributed by atoms with Crippen LogP contribution in [0.4, 0.5) is 22.0 Å². The van der Waals surface area contributed by atoms with Crippen molar-refractivity contribution in [2.24, 2.45) is 0 Å². The molecule has 1 atom stereocenters. The molecule has 0 amide bonds. The highest BCUT2D eigenvalue weighted by atomic mass is 32.1. The van der Waals surface area contributed by atoms with Gasteiger partial charge in [-0.05, 0) is 24.5 Å². The van der Waals surface area contributed by atoms with Crippen LogP contribution in [0.25, 0.3) is 0 Å². The summed E-state index contributed by atoms with van der Waals surface area (Å²) in [6.45, 7) is 4.32. The van der Waals surface area contributed by atoms with Gasteiger partial charge in [-0.1, -0.05) is 19.9 Å². The smallest absolute Gasteiger partial charge is 0.200 e. The number of hydrogen-bond acceptors (Lipinski definition) is 2. The molecule has 0 radical (unpaired) electrons. The number of benzene rings is 1. The third-order valence-electron chi connectivity index (χ3n) is 3.51. The summed E-state index contributed by atoms with van der Waals surface area (Å²) in [5.74, 6) is -9.52. The Balaban J connectivity index is 2.73. The second-order valence-electron chi connectivity index (χ2n) is 4.62. The lowest BCUT2D eigenvalue weighted by atomic mass is 10.0. The monoisotopic (exact) mass is 335 g/mol. The van der Waals surface area contributed by atoms with E-state index in [1.54, 1.807) is 36.3 Å². The Bertz CT molecular complexity index is 623. The van der Waals surface area contributed by atoms with E-state index in [0.29, 0.717) is 18.0 Å². The average Bonchev–Trinajstić information content (AvgIpc) is 3.04. The molecule has 1 nitrogen and oxygen atoms in total. The van der Waals surface area contributed by atoms with Crippen molar-refractivity contribution in [2.45, 2.75) is 19.9 Å². The normalized spacial score (nSPS) is 12.9. The van der Waals surface area contributed by atoms with Crippen LogP contribution in [0.3, 0.4) is 0 Å². The predicted molar refractivity (Wildman–Crippen MR) is 75.3 cm³/mol. The van der Waals surface area contributed by atoms with E-state index >= 15 is 0 Å². The van der Waals surface area contributed by atoms with Crippen LogP contribution in [0.15, 0.2) is 17.5 Å². The Hall–Kier alpha value is -1.47. The Morgan fingerprint density at radius 3 is 1.82 bits per heavy atom. The standard InChI is InChI=1S/C15H14F5NS/c1-3-21(4-2)15(8-6-5-7-22-8)9-10(16)12(18)14(20)13(19)11(9)17/h5-7,15H,3-4H2,1-2H3. The molecule has 22 heavy (non-hydrogen) atoms. The highest BCUT2D eigenvalue weighted by Gasteiger charge is 2.33. The fraction of sp³-hybridized carbons (Fsp3) is 0.333. The summed E-state index contributed by atoms with van der Waals surface area (Å²) in [5, 5.41) is 1.69. The van der Waals surface area contributed by atoms with Gasteiger partial charge in [0, 0.05) is 4.88 Å². The molecule has 0 saturated carbocycles. The van der Waals surface area contributed by atoms with E-state index in [4.69, 9.17) is 0 Å². The van der Waals surface area contributed by atoms with Crippen molar-refractivity contribution in [1.82, 2.24) is 4.90 Å². The zero-order chi connectivity index (χ0) is 16.4. The first-order valence-corrected chi connectivity index (χ1v) is 7.60. The molecule has 2 rings (SSSR count).